The molecule has 0 spiro atoms. The van der Waals surface area contributed by atoms with E-state index in [0.29, 0.717) is 23.6 Å². The van der Waals surface area contributed by atoms with Crippen LogP contribution in [0.25, 0.3) is 0 Å². The Morgan fingerprint density at radius 3 is 2.69 bits per heavy atom. The number of hydrogen-bond acceptors (Lipinski definition) is 4. The van der Waals surface area contributed by atoms with Crippen molar-refractivity contribution in [3.63, 3.8) is 0 Å². The number of primary amides is 1. The monoisotopic (exact) mass is 354 g/mol. The van der Waals surface area contributed by atoms with Gasteiger partial charge in [-0.05, 0) is 55.2 Å². The molecule has 0 atom stereocenters. The number of rotatable bonds is 5. The van der Waals surface area contributed by atoms with Crippen molar-refractivity contribution in [2.24, 2.45) is 5.73 Å². The van der Waals surface area contributed by atoms with E-state index in [-0.39, 0.29) is 12.5 Å². The van der Waals surface area contributed by atoms with Crippen LogP contribution < -0.4 is 20.1 Å². The van der Waals surface area contributed by atoms with Crippen LogP contribution in [0.3, 0.4) is 0 Å². The highest BCUT2D eigenvalue weighted by atomic mass is 16.5. The molecule has 136 valence electrons. The van der Waals surface area contributed by atoms with Gasteiger partial charge in [-0.3, -0.25) is 9.59 Å². The van der Waals surface area contributed by atoms with Gasteiger partial charge >= 0.3 is 0 Å². The number of nitrogens with two attached hydrogens (primary N) is 1. The molecule has 3 rings (SSSR count). The molecule has 1 aliphatic rings. The number of benzene rings is 2. The quantitative estimate of drug-likeness (QED) is 0.894. The van der Waals surface area contributed by atoms with E-state index in [1.54, 1.807) is 18.2 Å². The minimum Gasteiger partial charge on any atom is -0.493 e. The number of carbonyl (C=O) groups excluding carboxylic acids is 2. The van der Waals surface area contributed by atoms with Gasteiger partial charge in [0.1, 0.15) is 0 Å². The maximum atomic E-state index is 13.1. The van der Waals surface area contributed by atoms with Crippen molar-refractivity contribution in [2.75, 3.05) is 25.2 Å². The molecule has 0 saturated heterocycles. The van der Waals surface area contributed by atoms with Crippen molar-refractivity contribution in [3.8, 4) is 11.5 Å². The van der Waals surface area contributed by atoms with E-state index in [1.165, 1.54) is 12.7 Å². The fourth-order valence-electron chi connectivity index (χ4n) is 3.12. The SMILES string of the molecule is COc1cc(C(=O)N2CCCc3ccc(C)cc32)ccc1OCC(N)=O. The van der Waals surface area contributed by atoms with Crippen molar-refractivity contribution in [3.05, 3.63) is 53.1 Å². The zero-order valence-electron chi connectivity index (χ0n) is 15.0. The number of amides is 2. The number of fused-ring (bicyclic) bond motifs is 1. The number of hydrogen-bond donors (Lipinski definition) is 1. The van der Waals surface area contributed by atoms with E-state index < -0.39 is 5.91 Å². The highest BCUT2D eigenvalue weighted by Crippen LogP contribution is 2.32. The number of ether oxygens (including phenoxy) is 2. The second-order valence-electron chi connectivity index (χ2n) is 6.31. The van der Waals surface area contributed by atoms with E-state index in [4.69, 9.17) is 15.2 Å². The van der Waals surface area contributed by atoms with Gasteiger partial charge in [0.15, 0.2) is 18.1 Å². The van der Waals surface area contributed by atoms with Crippen LogP contribution in [-0.2, 0) is 11.2 Å². The summed E-state index contributed by atoms with van der Waals surface area (Å²) < 4.78 is 10.6. The highest BCUT2D eigenvalue weighted by molar-refractivity contribution is 6.07. The number of anilines is 1. The number of nitrogens with zero attached hydrogens (tertiary/aromatic N) is 1. The molecular weight excluding hydrogens is 332 g/mol. The molecule has 2 N–H and O–H groups in total. The molecular formula is C20H22N2O4. The summed E-state index contributed by atoms with van der Waals surface area (Å²) in [5, 5.41) is 0. The van der Waals surface area contributed by atoms with Gasteiger partial charge < -0.3 is 20.1 Å². The molecule has 1 heterocycles. The van der Waals surface area contributed by atoms with Crippen LogP contribution >= 0.6 is 0 Å². The van der Waals surface area contributed by atoms with E-state index in [1.807, 2.05) is 17.9 Å². The standard InChI is InChI=1S/C20H22N2O4/c1-13-5-6-14-4-3-9-22(16(14)10-13)20(24)15-7-8-17(18(11-15)25-2)26-12-19(21)23/h5-8,10-11H,3-4,9,12H2,1-2H3,(H2,21,23). The van der Waals surface area contributed by atoms with Gasteiger partial charge in [-0.1, -0.05) is 12.1 Å². The molecule has 1 aliphatic heterocycles. The fourth-order valence-corrected chi connectivity index (χ4v) is 3.12. The average molecular weight is 354 g/mol. The van der Waals surface area contributed by atoms with E-state index in [2.05, 4.69) is 12.1 Å². The molecule has 0 aliphatic carbocycles. The van der Waals surface area contributed by atoms with Gasteiger partial charge in [0, 0.05) is 17.8 Å². The highest BCUT2D eigenvalue weighted by Gasteiger charge is 2.24. The Balaban J connectivity index is 1.89. The first-order valence-electron chi connectivity index (χ1n) is 8.50. The molecule has 0 fully saturated rings. The van der Waals surface area contributed by atoms with Crippen molar-refractivity contribution >= 4 is 17.5 Å². The molecule has 0 aromatic heterocycles. The van der Waals surface area contributed by atoms with Crippen molar-refractivity contribution in [1.29, 1.82) is 0 Å². The Bertz CT molecular complexity index is 848. The lowest BCUT2D eigenvalue weighted by molar-refractivity contribution is -0.119. The summed E-state index contributed by atoms with van der Waals surface area (Å²) in [5.74, 6) is 0.0973. The summed E-state index contributed by atoms with van der Waals surface area (Å²) in [4.78, 5) is 25.8. The Morgan fingerprint density at radius 2 is 1.96 bits per heavy atom. The second kappa shape index (κ2) is 7.47. The molecule has 6 heteroatoms. The normalized spacial score (nSPS) is 13.1. The van der Waals surface area contributed by atoms with Gasteiger partial charge in [0.05, 0.1) is 7.11 Å². The summed E-state index contributed by atoms with van der Waals surface area (Å²) in [6.07, 6.45) is 1.90. The molecule has 0 saturated carbocycles. The summed E-state index contributed by atoms with van der Waals surface area (Å²) in [5.41, 5.74) is 8.87. The second-order valence-corrected chi connectivity index (χ2v) is 6.31. The average Bonchev–Trinajstić information content (AvgIpc) is 2.65. The third-order valence-electron chi connectivity index (χ3n) is 4.39. The molecule has 26 heavy (non-hydrogen) atoms. The zero-order valence-corrected chi connectivity index (χ0v) is 15.0. The lowest BCUT2D eigenvalue weighted by atomic mass is 9.99. The lowest BCUT2D eigenvalue weighted by Gasteiger charge is -2.30. The van der Waals surface area contributed by atoms with Gasteiger partial charge in [0.25, 0.3) is 11.8 Å². The number of aryl methyl sites for hydroxylation is 2. The van der Waals surface area contributed by atoms with Crippen molar-refractivity contribution < 1.29 is 19.1 Å². The fraction of sp³-hybridized carbons (Fsp3) is 0.300. The summed E-state index contributed by atoms with van der Waals surface area (Å²) >= 11 is 0. The van der Waals surface area contributed by atoms with E-state index in [9.17, 15) is 9.59 Å². The van der Waals surface area contributed by atoms with Crippen molar-refractivity contribution in [1.82, 2.24) is 0 Å². The first kappa shape index (κ1) is 17.8. The van der Waals surface area contributed by atoms with Crippen molar-refractivity contribution in [2.45, 2.75) is 19.8 Å². The smallest absolute Gasteiger partial charge is 0.258 e. The Kier molecular flexibility index (Phi) is 5.11. The third kappa shape index (κ3) is 3.64. The summed E-state index contributed by atoms with van der Waals surface area (Å²) in [6.45, 7) is 2.45. The van der Waals surface area contributed by atoms with Gasteiger partial charge in [-0.2, -0.15) is 0 Å². The maximum Gasteiger partial charge on any atom is 0.258 e. The Hall–Kier alpha value is -3.02. The van der Waals surface area contributed by atoms with Crippen LogP contribution in [0.15, 0.2) is 36.4 Å². The Labute approximate surface area is 152 Å². The van der Waals surface area contributed by atoms with Crippen LogP contribution in [0.4, 0.5) is 5.69 Å². The Morgan fingerprint density at radius 1 is 1.15 bits per heavy atom. The largest absolute Gasteiger partial charge is 0.493 e. The third-order valence-corrected chi connectivity index (χ3v) is 4.39. The number of methoxy groups -OCH3 is 1. The predicted octanol–water partition coefficient (Wildman–Crippen LogP) is 2.46. The van der Waals surface area contributed by atoms with Gasteiger partial charge in [-0.15, -0.1) is 0 Å². The molecule has 0 unspecified atom stereocenters. The molecule has 0 radical (unpaired) electrons. The zero-order chi connectivity index (χ0) is 18.7. The minimum atomic E-state index is -0.576. The lowest BCUT2D eigenvalue weighted by Crippen LogP contribution is -2.35. The molecule has 0 bridgehead atoms. The van der Waals surface area contributed by atoms with Crippen LogP contribution in [0.5, 0.6) is 11.5 Å². The minimum absolute atomic E-state index is 0.0868. The predicted molar refractivity (Wildman–Crippen MR) is 98.9 cm³/mol. The topological polar surface area (TPSA) is 81.9 Å². The maximum absolute atomic E-state index is 13.1. The summed E-state index contributed by atoms with van der Waals surface area (Å²) in [7, 11) is 1.49. The van der Waals surface area contributed by atoms with Crippen LogP contribution in [0.2, 0.25) is 0 Å². The molecule has 2 amide bonds. The van der Waals surface area contributed by atoms with Gasteiger partial charge in [-0.25, -0.2) is 0 Å². The van der Waals surface area contributed by atoms with Gasteiger partial charge in [0.2, 0.25) is 0 Å². The first-order chi connectivity index (χ1) is 12.5. The van der Waals surface area contributed by atoms with E-state index in [0.717, 1.165) is 24.1 Å². The van der Waals surface area contributed by atoms with Crippen LogP contribution in [-0.4, -0.2) is 32.1 Å². The number of carbonyl (C=O) groups is 2. The summed E-state index contributed by atoms with van der Waals surface area (Å²) in [6, 6.07) is 11.1. The van der Waals surface area contributed by atoms with E-state index >= 15 is 0 Å². The first-order valence-corrected chi connectivity index (χ1v) is 8.50. The molecule has 6 nitrogen and oxygen atoms in total. The molecule has 2 aromatic rings. The molecule has 2 aromatic carbocycles. The van der Waals surface area contributed by atoms with Crippen LogP contribution in [0.1, 0.15) is 27.9 Å². The van der Waals surface area contributed by atoms with Crippen LogP contribution in [0, 0.1) is 6.92 Å².